The van der Waals surface area contributed by atoms with E-state index in [1.807, 2.05) is 112 Å². The first kappa shape index (κ1) is 43.8. The number of carbonyl (C=O) groups excluding carboxylic acids is 2. The molecule has 0 radical (unpaired) electrons. The molecule has 0 aliphatic carbocycles. The number of ether oxygens (including phenoxy) is 2. The van der Waals surface area contributed by atoms with Crippen LogP contribution in [-0.2, 0) is 33.0 Å². The minimum absolute atomic E-state index is 0.0134. The van der Waals surface area contributed by atoms with Gasteiger partial charge in [0.05, 0.1) is 58.4 Å². The van der Waals surface area contributed by atoms with Crippen LogP contribution in [0.25, 0.3) is 0 Å². The summed E-state index contributed by atoms with van der Waals surface area (Å²) in [4.78, 5) is 36.9. The van der Waals surface area contributed by atoms with Crippen LogP contribution in [0.3, 0.4) is 0 Å². The topological polar surface area (TPSA) is 125 Å². The number of hydrogen-bond donors (Lipinski definition) is 2. The Labute approximate surface area is 388 Å². The Kier molecular flexibility index (Phi) is 11.7. The molecule has 0 saturated carbocycles. The number of para-hydroxylation sites is 1. The Morgan fingerprint density at radius 1 is 0.864 bits per heavy atom. The highest BCUT2D eigenvalue weighted by Gasteiger charge is 2.66. The molecular formula is C53H59N7O5Si. The molecule has 5 aromatic carbocycles. The van der Waals surface area contributed by atoms with Crippen molar-refractivity contribution < 1.29 is 24.2 Å². The van der Waals surface area contributed by atoms with E-state index < -0.39 is 19.2 Å². The van der Waals surface area contributed by atoms with Gasteiger partial charge in [0.15, 0.2) is 5.60 Å². The summed E-state index contributed by atoms with van der Waals surface area (Å²) in [6, 6.07) is 44.8. The van der Waals surface area contributed by atoms with E-state index in [0.717, 1.165) is 52.6 Å². The minimum Gasteiger partial charge on any atom is -0.497 e. The summed E-state index contributed by atoms with van der Waals surface area (Å²) < 4.78 is 15.0. The molecule has 2 amide bonds. The van der Waals surface area contributed by atoms with E-state index in [2.05, 4.69) is 83.0 Å². The molecule has 5 heterocycles. The lowest BCUT2D eigenvalue weighted by atomic mass is 9.82. The van der Waals surface area contributed by atoms with Crippen molar-refractivity contribution in [3.05, 3.63) is 162 Å². The van der Waals surface area contributed by atoms with E-state index in [1.54, 1.807) is 7.11 Å². The number of nitrogens with one attached hydrogen (secondary N) is 1. The standard InChI is InChI=1S/C53H59N7O5Si/c1-37-49(66(3,4)43-23-21-42(64-2)22-24-43)48(26-31-57-34-46(55-56-57)44(35-61)39-16-10-6-11-17-39)65-53(37)45-32-41(20-25-47(45)58(51(53)63)33-38-14-8-5-9-15-38)59-36-60(40-18-12-7-13-19-40)52(50(59)62)27-29-54-30-28-52/h5-25,32,34,37,44,48-49,54,61H,26-31,33,35-36H2,1-4H3/t37-,44?,48+,49-,53+/m1/s1. The summed E-state index contributed by atoms with van der Waals surface area (Å²) in [6.07, 6.45) is 3.56. The number of aliphatic hydroxyl groups excluding tert-OH is 1. The summed E-state index contributed by atoms with van der Waals surface area (Å²) in [5, 5.41) is 24.3. The molecule has 4 aliphatic rings. The summed E-state index contributed by atoms with van der Waals surface area (Å²) in [7, 11) is -0.797. The van der Waals surface area contributed by atoms with Gasteiger partial charge in [0.25, 0.3) is 11.8 Å². The molecule has 10 rings (SSSR count). The van der Waals surface area contributed by atoms with Crippen molar-refractivity contribution in [1.82, 2.24) is 20.3 Å². The quantitative estimate of drug-likeness (QED) is 0.116. The summed E-state index contributed by atoms with van der Waals surface area (Å²) in [5.41, 5.74) is 4.06. The van der Waals surface area contributed by atoms with Gasteiger partial charge < -0.3 is 29.7 Å². The number of carbonyl (C=O) groups is 2. The first-order chi connectivity index (χ1) is 32.1. The molecule has 13 heteroatoms. The molecule has 3 fully saturated rings. The fourth-order valence-corrected chi connectivity index (χ4v) is 15.8. The average Bonchev–Trinajstić information content (AvgIpc) is 4.08. The van der Waals surface area contributed by atoms with Crippen LogP contribution in [0.15, 0.2) is 140 Å². The molecule has 2 spiro atoms. The van der Waals surface area contributed by atoms with Crippen molar-refractivity contribution in [2.75, 3.05) is 48.2 Å². The summed E-state index contributed by atoms with van der Waals surface area (Å²) in [5.74, 6) is 0.248. The predicted octanol–water partition coefficient (Wildman–Crippen LogP) is 7.20. The molecule has 0 bridgehead atoms. The molecule has 1 unspecified atom stereocenters. The first-order valence-electron chi connectivity index (χ1n) is 23.3. The number of methoxy groups -OCH3 is 1. The van der Waals surface area contributed by atoms with Crippen LogP contribution in [0.2, 0.25) is 18.6 Å². The first-order valence-corrected chi connectivity index (χ1v) is 26.4. The number of amides is 2. The maximum Gasteiger partial charge on any atom is 0.264 e. The number of aliphatic hydroxyl groups is 1. The SMILES string of the molecule is COc1ccc([Si](C)(C)[C@H]2[C@H](CCn3cc(C(CO)c4ccccc4)nn3)O[C@@]3(C(=O)N(Cc4ccccc4)c4ccc(N5CN(c6ccccc6)C6(CCNCC6)C5=O)cc43)[C@@H]2C)cc1. The van der Waals surface area contributed by atoms with Crippen molar-refractivity contribution in [3.63, 3.8) is 0 Å². The number of nitrogens with zero attached hydrogens (tertiary/aromatic N) is 6. The average molecular weight is 902 g/mol. The van der Waals surface area contributed by atoms with Crippen molar-refractivity contribution >= 4 is 42.1 Å². The Hall–Kier alpha value is -6.12. The Balaban J connectivity index is 1.06. The lowest BCUT2D eigenvalue weighted by molar-refractivity contribution is -0.146. The maximum atomic E-state index is 15.8. The van der Waals surface area contributed by atoms with Gasteiger partial charge in [0.1, 0.15) is 11.3 Å². The number of hydrogen-bond acceptors (Lipinski definition) is 9. The molecule has 5 atom stereocenters. The number of fused-ring (bicyclic) bond motifs is 2. The molecule has 2 N–H and O–H groups in total. The lowest BCUT2D eigenvalue weighted by Gasteiger charge is -2.39. The number of aryl methyl sites for hydroxylation is 1. The fraction of sp³-hybridized carbons (Fsp3) is 0.358. The van der Waals surface area contributed by atoms with E-state index in [9.17, 15) is 5.11 Å². The number of rotatable bonds is 13. The van der Waals surface area contributed by atoms with Gasteiger partial charge in [-0.3, -0.25) is 19.2 Å². The summed E-state index contributed by atoms with van der Waals surface area (Å²) in [6.45, 7) is 9.70. The van der Waals surface area contributed by atoms with Gasteiger partial charge >= 0.3 is 0 Å². The molecular weight excluding hydrogens is 843 g/mol. The van der Waals surface area contributed by atoms with Crippen LogP contribution in [0.5, 0.6) is 5.75 Å². The van der Waals surface area contributed by atoms with Crippen LogP contribution in [0, 0.1) is 5.92 Å². The monoisotopic (exact) mass is 901 g/mol. The zero-order chi connectivity index (χ0) is 45.6. The highest BCUT2D eigenvalue weighted by molar-refractivity contribution is 6.91. The number of aromatic nitrogens is 3. The van der Waals surface area contributed by atoms with Crippen LogP contribution < -0.4 is 29.9 Å². The normalized spacial score (nSPS) is 23.0. The number of piperidine rings is 1. The lowest BCUT2D eigenvalue weighted by Crippen LogP contribution is -2.55. The second-order valence-electron chi connectivity index (χ2n) is 19.0. The van der Waals surface area contributed by atoms with E-state index in [4.69, 9.17) is 9.47 Å². The molecule has 6 aromatic rings. The van der Waals surface area contributed by atoms with Gasteiger partial charge in [-0.2, -0.15) is 0 Å². The van der Waals surface area contributed by atoms with Crippen LogP contribution in [0.1, 0.15) is 54.5 Å². The van der Waals surface area contributed by atoms with Crippen molar-refractivity contribution in [1.29, 1.82) is 0 Å². The Morgan fingerprint density at radius 2 is 1.55 bits per heavy atom. The third-order valence-corrected chi connectivity index (χ3v) is 19.6. The molecule has 12 nitrogen and oxygen atoms in total. The highest BCUT2D eigenvalue weighted by Crippen LogP contribution is 2.61. The van der Waals surface area contributed by atoms with Gasteiger partial charge in [-0.15, -0.1) is 5.10 Å². The molecule has 340 valence electrons. The van der Waals surface area contributed by atoms with Gasteiger partial charge in [0, 0.05) is 35.6 Å². The van der Waals surface area contributed by atoms with Gasteiger partial charge in [-0.05, 0) is 91.5 Å². The van der Waals surface area contributed by atoms with E-state index in [1.165, 1.54) is 5.19 Å². The van der Waals surface area contributed by atoms with Crippen LogP contribution in [0.4, 0.5) is 17.1 Å². The van der Waals surface area contributed by atoms with Crippen LogP contribution in [-0.4, -0.2) is 85.1 Å². The largest absolute Gasteiger partial charge is 0.497 e. The molecule has 1 aromatic heterocycles. The van der Waals surface area contributed by atoms with Crippen molar-refractivity contribution in [3.8, 4) is 5.75 Å². The maximum absolute atomic E-state index is 15.8. The number of benzene rings is 5. The third-order valence-electron chi connectivity index (χ3n) is 15.2. The van der Waals surface area contributed by atoms with Crippen molar-refractivity contribution in [2.45, 2.75) is 81.1 Å². The Morgan fingerprint density at radius 3 is 2.23 bits per heavy atom. The third kappa shape index (κ3) is 7.32. The highest BCUT2D eigenvalue weighted by atomic mass is 28.3. The van der Waals surface area contributed by atoms with Gasteiger partial charge in [0.2, 0.25) is 0 Å². The Bertz CT molecular complexity index is 2680. The molecule has 66 heavy (non-hydrogen) atoms. The van der Waals surface area contributed by atoms with Gasteiger partial charge in [-0.1, -0.05) is 121 Å². The van der Waals surface area contributed by atoms with Crippen LogP contribution >= 0.6 is 0 Å². The fourth-order valence-electron chi connectivity index (χ4n) is 11.7. The van der Waals surface area contributed by atoms with Crippen molar-refractivity contribution in [2.24, 2.45) is 5.92 Å². The van der Waals surface area contributed by atoms with E-state index in [0.29, 0.717) is 44.7 Å². The predicted molar refractivity (Wildman–Crippen MR) is 260 cm³/mol. The second-order valence-corrected chi connectivity index (χ2v) is 23.7. The number of anilines is 3. The second kappa shape index (κ2) is 17.6. The molecule has 4 aliphatic heterocycles. The smallest absolute Gasteiger partial charge is 0.264 e. The summed E-state index contributed by atoms with van der Waals surface area (Å²) >= 11 is 0. The minimum atomic E-state index is -2.48. The zero-order valence-electron chi connectivity index (χ0n) is 38.2. The van der Waals surface area contributed by atoms with E-state index >= 15 is 9.59 Å². The van der Waals surface area contributed by atoms with Gasteiger partial charge in [-0.25, -0.2) is 0 Å². The van der Waals surface area contributed by atoms with E-state index in [-0.39, 0.29) is 41.9 Å². The zero-order valence-corrected chi connectivity index (χ0v) is 39.2. The molecule has 3 saturated heterocycles.